The molecule has 0 bridgehead atoms. The van der Waals surface area contributed by atoms with Crippen molar-refractivity contribution in [3.8, 4) is 0 Å². The molecule has 2 N–H and O–H groups in total. The zero-order valence-electron chi connectivity index (χ0n) is 6.48. The summed E-state index contributed by atoms with van der Waals surface area (Å²) in [7, 11) is 0. The Bertz CT molecular complexity index is 96.7. The molecule has 9 heavy (non-hydrogen) atoms. The van der Waals surface area contributed by atoms with Crippen LogP contribution in [0.5, 0.6) is 0 Å². The number of rotatable bonds is 3. The van der Waals surface area contributed by atoms with Crippen LogP contribution in [0.15, 0.2) is 0 Å². The molecule has 0 saturated heterocycles. The van der Waals surface area contributed by atoms with Gasteiger partial charge < -0.3 is 5.73 Å². The Kier molecular flexibility index (Phi) is 1.80. The molecule has 0 aromatic heterocycles. The molecule has 0 spiro atoms. The van der Waals surface area contributed by atoms with Gasteiger partial charge >= 0.3 is 0 Å². The van der Waals surface area contributed by atoms with Crippen LogP contribution in [0.2, 0.25) is 0 Å². The lowest BCUT2D eigenvalue weighted by atomic mass is 10.1. The van der Waals surface area contributed by atoms with E-state index in [4.69, 9.17) is 5.73 Å². The average molecular weight is 127 g/mol. The molecule has 0 aliphatic heterocycles. The molecule has 54 valence electrons. The Morgan fingerprint density at radius 1 is 1.67 bits per heavy atom. The van der Waals surface area contributed by atoms with E-state index in [0.717, 1.165) is 5.92 Å². The van der Waals surface area contributed by atoms with E-state index in [0.29, 0.717) is 0 Å². The minimum atomic E-state index is 0.217. The summed E-state index contributed by atoms with van der Waals surface area (Å²) in [4.78, 5) is 0. The second-order valence-electron chi connectivity index (χ2n) is 3.55. The van der Waals surface area contributed by atoms with E-state index in [9.17, 15) is 0 Å². The topological polar surface area (TPSA) is 26.0 Å². The quantitative estimate of drug-likeness (QED) is 0.615. The number of hydrogen-bond acceptors (Lipinski definition) is 1. The van der Waals surface area contributed by atoms with E-state index in [1.165, 1.54) is 25.7 Å². The van der Waals surface area contributed by atoms with Crippen molar-refractivity contribution in [3.05, 3.63) is 0 Å². The fourth-order valence-corrected chi connectivity index (χ4v) is 1.35. The smallest absolute Gasteiger partial charge is 0.0158 e. The molecule has 1 saturated carbocycles. The molecule has 1 aliphatic rings. The van der Waals surface area contributed by atoms with Crippen LogP contribution in [0.4, 0.5) is 0 Å². The first-order valence-corrected chi connectivity index (χ1v) is 3.95. The van der Waals surface area contributed by atoms with Crippen molar-refractivity contribution in [2.24, 2.45) is 11.7 Å². The van der Waals surface area contributed by atoms with Gasteiger partial charge in [0.2, 0.25) is 0 Å². The van der Waals surface area contributed by atoms with Gasteiger partial charge in [-0.3, -0.25) is 0 Å². The Labute approximate surface area is 57.6 Å². The largest absolute Gasteiger partial charge is 0.325 e. The molecule has 1 fully saturated rings. The highest BCUT2D eigenvalue weighted by Crippen LogP contribution is 2.43. The third-order valence-electron chi connectivity index (χ3n) is 2.36. The predicted molar refractivity (Wildman–Crippen MR) is 40.2 cm³/mol. The third kappa shape index (κ3) is 1.68. The molecule has 0 radical (unpaired) electrons. The monoisotopic (exact) mass is 127 g/mol. The lowest BCUT2D eigenvalue weighted by molar-refractivity contribution is 0.575. The van der Waals surface area contributed by atoms with Crippen molar-refractivity contribution in [2.75, 3.05) is 0 Å². The van der Waals surface area contributed by atoms with Gasteiger partial charge in [0.25, 0.3) is 0 Å². The van der Waals surface area contributed by atoms with E-state index < -0.39 is 0 Å². The van der Waals surface area contributed by atoms with Gasteiger partial charge in [0.05, 0.1) is 0 Å². The highest BCUT2D eigenvalue weighted by Gasteiger charge is 2.45. The SMILES string of the molecule is CCCCC1CC1(C)N. The predicted octanol–water partition coefficient (Wildman–Crippen LogP) is 1.91. The fourth-order valence-electron chi connectivity index (χ4n) is 1.35. The van der Waals surface area contributed by atoms with Gasteiger partial charge in [-0.2, -0.15) is 0 Å². The minimum Gasteiger partial charge on any atom is -0.325 e. The number of hydrogen-bond donors (Lipinski definition) is 1. The second kappa shape index (κ2) is 2.30. The van der Waals surface area contributed by atoms with Crippen molar-refractivity contribution in [3.63, 3.8) is 0 Å². The number of unbranched alkanes of at least 4 members (excludes halogenated alkanes) is 1. The van der Waals surface area contributed by atoms with Gasteiger partial charge in [0.15, 0.2) is 0 Å². The lowest BCUT2D eigenvalue weighted by Crippen LogP contribution is -2.19. The van der Waals surface area contributed by atoms with Crippen LogP contribution in [-0.2, 0) is 0 Å². The van der Waals surface area contributed by atoms with Gasteiger partial charge in [-0.1, -0.05) is 19.8 Å². The van der Waals surface area contributed by atoms with E-state index in [1.807, 2.05) is 0 Å². The summed E-state index contributed by atoms with van der Waals surface area (Å²) in [5, 5.41) is 0. The average Bonchev–Trinajstić information content (AvgIpc) is 2.35. The van der Waals surface area contributed by atoms with Crippen molar-refractivity contribution in [2.45, 2.75) is 45.1 Å². The van der Waals surface area contributed by atoms with Crippen LogP contribution in [-0.4, -0.2) is 5.54 Å². The Morgan fingerprint density at radius 2 is 2.22 bits per heavy atom. The fraction of sp³-hybridized carbons (Fsp3) is 1.00. The Morgan fingerprint density at radius 3 is 2.56 bits per heavy atom. The highest BCUT2D eigenvalue weighted by molar-refractivity contribution is 5.03. The van der Waals surface area contributed by atoms with Gasteiger partial charge in [0.1, 0.15) is 0 Å². The van der Waals surface area contributed by atoms with E-state index in [-0.39, 0.29) is 5.54 Å². The maximum atomic E-state index is 5.85. The van der Waals surface area contributed by atoms with E-state index in [2.05, 4.69) is 13.8 Å². The first-order chi connectivity index (χ1) is 4.17. The maximum Gasteiger partial charge on any atom is 0.0158 e. The lowest BCUT2D eigenvalue weighted by Gasteiger charge is -2.00. The van der Waals surface area contributed by atoms with Crippen LogP contribution in [0.1, 0.15) is 39.5 Å². The summed E-state index contributed by atoms with van der Waals surface area (Å²) in [6, 6.07) is 0. The second-order valence-corrected chi connectivity index (χ2v) is 3.55. The van der Waals surface area contributed by atoms with Gasteiger partial charge in [-0.05, 0) is 25.7 Å². The standard InChI is InChI=1S/C8H17N/c1-3-4-5-7-6-8(7,2)9/h7H,3-6,9H2,1-2H3. The van der Waals surface area contributed by atoms with Crippen LogP contribution in [0, 0.1) is 5.92 Å². The zero-order chi connectivity index (χ0) is 6.91. The third-order valence-corrected chi connectivity index (χ3v) is 2.36. The summed E-state index contributed by atoms with van der Waals surface area (Å²) >= 11 is 0. The molecule has 2 unspecified atom stereocenters. The van der Waals surface area contributed by atoms with E-state index >= 15 is 0 Å². The van der Waals surface area contributed by atoms with Crippen LogP contribution >= 0.6 is 0 Å². The van der Waals surface area contributed by atoms with Crippen molar-refractivity contribution in [1.82, 2.24) is 0 Å². The molecule has 0 aromatic carbocycles. The highest BCUT2D eigenvalue weighted by atomic mass is 14.8. The molecule has 0 aromatic rings. The van der Waals surface area contributed by atoms with Crippen molar-refractivity contribution >= 4 is 0 Å². The van der Waals surface area contributed by atoms with Crippen molar-refractivity contribution in [1.29, 1.82) is 0 Å². The summed E-state index contributed by atoms with van der Waals surface area (Å²) in [6.45, 7) is 4.39. The van der Waals surface area contributed by atoms with Gasteiger partial charge in [-0.25, -0.2) is 0 Å². The summed E-state index contributed by atoms with van der Waals surface area (Å²) < 4.78 is 0. The van der Waals surface area contributed by atoms with Crippen molar-refractivity contribution < 1.29 is 0 Å². The zero-order valence-corrected chi connectivity index (χ0v) is 6.48. The molecule has 1 aliphatic carbocycles. The van der Waals surface area contributed by atoms with Gasteiger partial charge in [-0.15, -0.1) is 0 Å². The van der Waals surface area contributed by atoms with Crippen LogP contribution < -0.4 is 5.73 Å². The summed E-state index contributed by atoms with van der Waals surface area (Å²) in [6.07, 6.45) is 5.28. The molecule has 0 heterocycles. The number of nitrogens with two attached hydrogens (primary N) is 1. The first-order valence-electron chi connectivity index (χ1n) is 3.95. The van der Waals surface area contributed by atoms with E-state index in [1.54, 1.807) is 0 Å². The Balaban J connectivity index is 2.06. The Hall–Kier alpha value is -0.0400. The van der Waals surface area contributed by atoms with Crippen LogP contribution in [0.3, 0.4) is 0 Å². The molecule has 1 nitrogen and oxygen atoms in total. The molecular weight excluding hydrogens is 110 g/mol. The normalized spacial score (nSPS) is 41.0. The summed E-state index contributed by atoms with van der Waals surface area (Å²) in [5.74, 6) is 0.845. The van der Waals surface area contributed by atoms with Crippen LogP contribution in [0.25, 0.3) is 0 Å². The first kappa shape index (κ1) is 7.07. The van der Waals surface area contributed by atoms with Gasteiger partial charge in [0, 0.05) is 5.54 Å². The summed E-state index contributed by atoms with van der Waals surface area (Å²) in [5.41, 5.74) is 6.07. The maximum absolute atomic E-state index is 5.85. The molecule has 0 amide bonds. The molecular formula is C8H17N. The molecule has 2 atom stereocenters. The molecule has 1 rings (SSSR count). The minimum absolute atomic E-state index is 0.217. The molecule has 1 heteroatoms.